The van der Waals surface area contributed by atoms with Crippen molar-refractivity contribution in [3.63, 3.8) is 0 Å². The molecule has 20 heavy (non-hydrogen) atoms. The van der Waals surface area contributed by atoms with Crippen LogP contribution in [0.1, 0.15) is 11.1 Å². The topological polar surface area (TPSA) is 66.6 Å². The number of carbonyl (C=O) groups is 1. The van der Waals surface area contributed by atoms with Gasteiger partial charge in [0, 0.05) is 24.8 Å². The van der Waals surface area contributed by atoms with Crippen LogP contribution in [0.3, 0.4) is 0 Å². The summed E-state index contributed by atoms with van der Waals surface area (Å²) in [7, 11) is 1.72. The summed E-state index contributed by atoms with van der Waals surface area (Å²) >= 11 is 0. The molecule has 0 spiro atoms. The van der Waals surface area contributed by atoms with E-state index in [0.717, 1.165) is 11.1 Å². The number of phenolic OH excluding ortho intramolecular Hbond substituents is 1. The average molecular weight is 270 g/mol. The Bertz CT molecular complexity index is 611. The lowest BCUT2D eigenvalue weighted by Crippen LogP contribution is -2.27. The normalized spacial score (nSPS) is 10.2. The van der Waals surface area contributed by atoms with Crippen molar-refractivity contribution in [2.24, 2.45) is 0 Å². The second-order valence-corrected chi connectivity index (χ2v) is 4.80. The van der Waals surface area contributed by atoms with E-state index in [9.17, 15) is 9.90 Å². The zero-order valence-electron chi connectivity index (χ0n) is 11.4. The molecule has 0 heterocycles. The maximum Gasteiger partial charge on any atom is 0.227 e. The number of rotatable bonds is 4. The highest BCUT2D eigenvalue weighted by atomic mass is 16.3. The van der Waals surface area contributed by atoms with Crippen LogP contribution in [-0.4, -0.2) is 23.0 Å². The smallest absolute Gasteiger partial charge is 0.227 e. The first-order valence-corrected chi connectivity index (χ1v) is 6.41. The van der Waals surface area contributed by atoms with E-state index in [0.29, 0.717) is 18.7 Å². The zero-order valence-corrected chi connectivity index (χ0v) is 11.4. The predicted octanol–water partition coefficient (Wildman–Crippen LogP) is 2.18. The minimum Gasteiger partial charge on any atom is -0.508 e. The van der Waals surface area contributed by atoms with Gasteiger partial charge in [-0.25, -0.2) is 0 Å². The summed E-state index contributed by atoms with van der Waals surface area (Å²) in [6.45, 7) is 0.383. The molecule has 3 N–H and O–H groups in total. The lowest BCUT2D eigenvalue weighted by atomic mass is 10.1. The molecular formula is C16H18N2O2. The van der Waals surface area contributed by atoms with Gasteiger partial charge >= 0.3 is 0 Å². The first-order chi connectivity index (χ1) is 9.56. The van der Waals surface area contributed by atoms with E-state index in [4.69, 9.17) is 5.73 Å². The first-order valence-electron chi connectivity index (χ1n) is 6.41. The Balaban J connectivity index is 2.01. The SMILES string of the molecule is CN(Cc1ccccc1O)C(=O)Cc1cccc(N)c1. The van der Waals surface area contributed by atoms with Gasteiger partial charge in [-0.05, 0) is 23.8 Å². The van der Waals surface area contributed by atoms with Gasteiger partial charge in [0.1, 0.15) is 5.75 Å². The summed E-state index contributed by atoms with van der Waals surface area (Å²) in [5.41, 5.74) is 7.97. The highest BCUT2D eigenvalue weighted by Crippen LogP contribution is 2.17. The average Bonchev–Trinajstić information content (AvgIpc) is 2.41. The van der Waals surface area contributed by atoms with Crippen LogP contribution in [0.5, 0.6) is 5.75 Å². The van der Waals surface area contributed by atoms with E-state index >= 15 is 0 Å². The molecule has 0 aliphatic heterocycles. The summed E-state index contributed by atoms with van der Waals surface area (Å²) in [4.78, 5) is 13.7. The Morgan fingerprint density at radius 1 is 1.20 bits per heavy atom. The van der Waals surface area contributed by atoms with Crippen molar-refractivity contribution in [3.8, 4) is 5.75 Å². The zero-order chi connectivity index (χ0) is 14.5. The predicted molar refractivity (Wildman–Crippen MR) is 79.1 cm³/mol. The number of anilines is 1. The second-order valence-electron chi connectivity index (χ2n) is 4.80. The number of carbonyl (C=O) groups excluding carboxylic acids is 1. The molecule has 104 valence electrons. The molecule has 0 fully saturated rings. The van der Waals surface area contributed by atoms with Crippen LogP contribution < -0.4 is 5.73 Å². The molecule has 0 aromatic heterocycles. The highest BCUT2D eigenvalue weighted by Gasteiger charge is 2.12. The van der Waals surface area contributed by atoms with Gasteiger partial charge in [-0.2, -0.15) is 0 Å². The molecule has 0 saturated carbocycles. The van der Waals surface area contributed by atoms with Crippen molar-refractivity contribution in [1.82, 2.24) is 4.90 Å². The van der Waals surface area contributed by atoms with Crippen molar-refractivity contribution >= 4 is 11.6 Å². The lowest BCUT2D eigenvalue weighted by Gasteiger charge is -2.18. The molecule has 0 unspecified atom stereocenters. The molecule has 0 bridgehead atoms. The summed E-state index contributed by atoms with van der Waals surface area (Å²) in [5, 5.41) is 9.71. The Hall–Kier alpha value is -2.49. The summed E-state index contributed by atoms with van der Waals surface area (Å²) in [6, 6.07) is 14.3. The molecule has 0 aliphatic rings. The van der Waals surface area contributed by atoms with Crippen molar-refractivity contribution in [3.05, 3.63) is 59.7 Å². The highest BCUT2D eigenvalue weighted by molar-refractivity contribution is 5.78. The van der Waals surface area contributed by atoms with E-state index < -0.39 is 0 Å². The van der Waals surface area contributed by atoms with Crippen LogP contribution >= 0.6 is 0 Å². The number of nitrogen functional groups attached to an aromatic ring is 1. The third kappa shape index (κ3) is 3.51. The van der Waals surface area contributed by atoms with Crippen molar-refractivity contribution < 1.29 is 9.90 Å². The minimum atomic E-state index is -0.0150. The minimum absolute atomic E-state index is 0.0150. The van der Waals surface area contributed by atoms with Gasteiger partial charge < -0.3 is 15.7 Å². The van der Waals surface area contributed by atoms with Crippen LogP contribution in [-0.2, 0) is 17.8 Å². The number of para-hydroxylation sites is 1. The molecule has 1 amide bonds. The first kappa shape index (κ1) is 13.9. The molecule has 4 nitrogen and oxygen atoms in total. The van der Waals surface area contributed by atoms with Gasteiger partial charge in [0.15, 0.2) is 0 Å². The van der Waals surface area contributed by atoms with Crippen LogP contribution in [0.25, 0.3) is 0 Å². The van der Waals surface area contributed by atoms with Crippen LogP contribution in [0.15, 0.2) is 48.5 Å². The molecular weight excluding hydrogens is 252 g/mol. The third-order valence-corrected chi connectivity index (χ3v) is 3.13. The Labute approximate surface area is 118 Å². The van der Waals surface area contributed by atoms with E-state index in [2.05, 4.69) is 0 Å². The fraction of sp³-hybridized carbons (Fsp3) is 0.188. The van der Waals surface area contributed by atoms with Gasteiger partial charge in [-0.1, -0.05) is 30.3 Å². The lowest BCUT2D eigenvalue weighted by molar-refractivity contribution is -0.129. The van der Waals surface area contributed by atoms with Gasteiger partial charge in [0.05, 0.1) is 6.42 Å². The van der Waals surface area contributed by atoms with Gasteiger partial charge in [-0.15, -0.1) is 0 Å². The number of phenols is 1. The second kappa shape index (κ2) is 6.10. The quantitative estimate of drug-likeness (QED) is 0.837. The van der Waals surface area contributed by atoms with Crippen molar-refractivity contribution in [1.29, 1.82) is 0 Å². The van der Waals surface area contributed by atoms with E-state index in [1.54, 1.807) is 42.3 Å². The number of nitrogens with two attached hydrogens (primary N) is 1. The van der Waals surface area contributed by atoms with Crippen LogP contribution in [0, 0.1) is 0 Å². The van der Waals surface area contributed by atoms with Gasteiger partial charge in [0.2, 0.25) is 5.91 Å². The third-order valence-electron chi connectivity index (χ3n) is 3.13. The van der Waals surface area contributed by atoms with E-state index in [-0.39, 0.29) is 11.7 Å². The number of likely N-dealkylation sites (N-methyl/N-ethyl adjacent to an activating group) is 1. The van der Waals surface area contributed by atoms with E-state index in [1.807, 2.05) is 18.2 Å². The fourth-order valence-electron chi connectivity index (χ4n) is 2.00. The molecule has 0 saturated heterocycles. The number of hydrogen-bond acceptors (Lipinski definition) is 3. The number of amides is 1. The monoisotopic (exact) mass is 270 g/mol. The number of hydrogen-bond donors (Lipinski definition) is 2. The standard InChI is InChI=1S/C16H18N2O2/c1-18(11-13-6-2-3-8-15(13)19)16(20)10-12-5-4-7-14(17)9-12/h2-9,19H,10-11,17H2,1H3. The fourth-order valence-corrected chi connectivity index (χ4v) is 2.00. The Morgan fingerprint density at radius 3 is 2.65 bits per heavy atom. The molecule has 2 aromatic rings. The number of benzene rings is 2. The molecule has 0 radical (unpaired) electrons. The van der Waals surface area contributed by atoms with Crippen LogP contribution in [0.2, 0.25) is 0 Å². The maximum absolute atomic E-state index is 12.1. The van der Waals surface area contributed by atoms with Gasteiger partial charge in [0.25, 0.3) is 0 Å². The van der Waals surface area contributed by atoms with Crippen molar-refractivity contribution in [2.75, 3.05) is 12.8 Å². The molecule has 0 aliphatic carbocycles. The van der Waals surface area contributed by atoms with Gasteiger partial charge in [-0.3, -0.25) is 4.79 Å². The van der Waals surface area contributed by atoms with Crippen LogP contribution in [0.4, 0.5) is 5.69 Å². The Kier molecular flexibility index (Phi) is 4.25. The molecule has 2 aromatic carbocycles. The molecule has 4 heteroatoms. The Morgan fingerprint density at radius 2 is 1.95 bits per heavy atom. The van der Waals surface area contributed by atoms with E-state index in [1.165, 1.54) is 0 Å². The summed E-state index contributed by atoms with van der Waals surface area (Å²) < 4.78 is 0. The summed E-state index contributed by atoms with van der Waals surface area (Å²) in [5.74, 6) is 0.190. The number of aromatic hydroxyl groups is 1. The maximum atomic E-state index is 12.1. The molecule has 0 atom stereocenters. The summed E-state index contributed by atoms with van der Waals surface area (Å²) in [6.07, 6.45) is 0.301. The number of nitrogens with zero attached hydrogens (tertiary/aromatic N) is 1. The molecule has 2 rings (SSSR count). The largest absolute Gasteiger partial charge is 0.508 e. The van der Waals surface area contributed by atoms with Crippen molar-refractivity contribution in [2.45, 2.75) is 13.0 Å².